The molecule has 0 aliphatic carbocycles. The van der Waals surface area contributed by atoms with Crippen molar-refractivity contribution in [2.45, 2.75) is 19.4 Å². The minimum Gasteiger partial charge on any atom is -0.327 e. The van der Waals surface area contributed by atoms with Crippen LogP contribution in [0, 0.1) is 0 Å². The molecule has 2 N–H and O–H groups in total. The van der Waals surface area contributed by atoms with Gasteiger partial charge in [-0.05, 0) is 36.8 Å². The molecule has 1 atom stereocenters. The van der Waals surface area contributed by atoms with Gasteiger partial charge >= 0.3 is 0 Å². The van der Waals surface area contributed by atoms with Gasteiger partial charge < -0.3 is 10.6 Å². The van der Waals surface area contributed by atoms with Gasteiger partial charge in [0.1, 0.15) is 11.7 Å². The predicted molar refractivity (Wildman–Crippen MR) is 119 cm³/mol. The van der Waals surface area contributed by atoms with Crippen molar-refractivity contribution in [1.82, 2.24) is 10.2 Å². The molecular weight excluding hydrogens is 445 g/mol. The summed E-state index contributed by atoms with van der Waals surface area (Å²) in [5, 5.41) is 6.10. The summed E-state index contributed by atoms with van der Waals surface area (Å²) < 4.78 is 0. The first-order valence-corrected chi connectivity index (χ1v) is 10.2. The topological polar surface area (TPSA) is 78.5 Å². The van der Waals surface area contributed by atoms with Gasteiger partial charge in [0.05, 0.1) is 21.3 Å². The molecule has 0 saturated carbocycles. The fourth-order valence-corrected chi connectivity index (χ4v) is 4.19. The molecule has 1 fully saturated rings. The van der Waals surface area contributed by atoms with Crippen LogP contribution in [-0.4, -0.2) is 33.7 Å². The van der Waals surface area contributed by atoms with E-state index in [-0.39, 0.29) is 32.2 Å². The van der Waals surface area contributed by atoms with Gasteiger partial charge in [0.15, 0.2) is 10.9 Å². The molecule has 6 nitrogen and oxygen atoms in total. The molecule has 4 rings (SSSR count). The van der Waals surface area contributed by atoms with Crippen LogP contribution in [0.4, 0.5) is 5.69 Å². The Bertz CT molecular complexity index is 1150. The van der Waals surface area contributed by atoms with E-state index in [2.05, 4.69) is 10.6 Å². The highest BCUT2D eigenvalue weighted by Crippen LogP contribution is 2.39. The van der Waals surface area contributed by atoms with Crippen LogP contribution in [-0.2, 0) is 20.8 Å². The molecule has 2 amide bonds. The molecule has 9 heteroatoms. The van der Waals surface area contributed by atoms with E-state index in [0.717, 1.165) is 5.56 Å². The zero-order chi connectivity index (χ0) is 21.6. The van der Waals surface area contributed by atoms with Gasteiger partial charge in [-0.25, -0.2) is 0 Å². The maximum atomic E-state index is 13.3. The van der Waals surface area contributed by atoms with E-state index < -0.39 is 17.9 Å². The lowest BCUT2D eigenvalue weighted by Gasteiger charge is -2.24. The predicted octanol–water partition coefficient (Wildman–Crippen LogP) is 3.57. The number of hydrogen-bond donors (Lipinski definition) is 2. The molecule has 0 spiro atoms. The second kappa shape index (κ2) is 7.83. The van der Waals surface area contributed by atoms with Crippen molar-refractivity contribution in [3.63, 3.8) is 0 Å². The minimum absolute atomic E-state index is 0.00829. The first-order chi connectivity index (χ1) is 14.3. The van der Waals surface area contributed by atoms with Crippen molar-refractivity contribution in [3.8, 4) is 0 Å². The summed E-state index contributed by atoms with van der Waals surface area (Å²) >= 11 is 17.5. The highest BCUT2D eigenvalue weighted by molar-refractivity contribution is 7.80. The molecule has 1 saturated heterocycles. The van der Waals surface area contributed by atoms with E-state index in [9.17, 15) is 14.4 Å². The first kappa shape index (κ1) is 20.5. The number of fused-ring (bicyclic) bond motifs is 1. The number of thiocarbonyl (C=S) groups is 1. The van der Waals surface area contributed by atoms with Crippen LogP contribution >= 0.6 is 35.4 Å². The lowest BCUT2D eigenvalue weighted by atomic mass is 10.0. The van der Waals surface area contributed by atoms with Gasteiger partial charge in [0.2, 0.25) is 0 Å². The maximum Gasteiger partial charge on any atom is 0.278 e. The van der Waals surface area contributed by atoms with Gasteiger partial charge in [-0.1, -0.05) is 53.5 Å². The third kappa shape index (κ3) is 3.49. The van der Waals surface area contributed by atoms with Gasteiger partial charge in [0, 0.05) is 12.0 Å². The smallest absolute Gasteiger partial charge is 0.278 e. The summed E-state index contributed by atoms with van der Waals surface area (Å²) in [6, 6.07) is 11.6. The van der Waals surface area contributed by atoms with E-state index in [0.29, 0.717) is 17.7 Å². The number of carbonyl (C=O) groups is 3. The Labute approximate surface area is 187 Å². The molecule has 152 valence electrons. The van der Waals surface area contributed by atoms with Crippen molar-refractivity contribution in [3.05, 3.63) is 69.3 Å². The second-order valence-corrected chi connectivity index (χ2v) is 8.14. The molecule has 30 heavy (non-hydrogen) atoms. The molecule has 2 aliphatic heterocycles. The van der Waals surface area contributed by atoms with Crippen LogP contribution in [0.2, 0.25) is 10.0 Å². The van der Waals surface area contributed by atoms with Crippen LogP contribution in [0.25, 0.3) is 5.57 Å². The fourth-order valence-electron chi connectivity index (χ4n) is 3.55. The molecule has 1 unspecified atom stereocenters. The number of amides is 2. The Balaban J connectivity index is 1.75. The molecule has 2 aliphatic rings. The minimum atomic E-state index is -0.796. The van der Waals surface area contributed by atoms with E-state index in [1.54, 1.807) is 0 Å². The molecule has 0 aromatic heterocycles. The zero-order valence-electron chi connectivity index (χ0n) is 15.7. The number of Topliss-reactive ketones (excluding diaryl/α,β-unsaturated/α-hetero) is 1. The number of nitrogens with one attached hydrogen (secondary N) is 2. The normalized spacial score (nSPS) is 18.9. The standard InChI is InChI=1S/C21H15Cl2N3O3S/c1-10(27)16(7-11-5-3-2-4-6-11)26-20(29)18(25-21(26)30)17-12-8-13(22)14(23)9-15(12)24-19(17)28/h2-6,8-9,16H,7H2,1H3,(H,24,28)(H,25,30)/b18-17-. The maximum absolute atomic E-state index is 13.3. The highest BCUT2D eigenvalue weighted by Gasteiger charge is 2.42. The SMILES string of the molecule is CC(=O)C(Cc1ccccc1)N1C(=O)/C(=C2/C(=O)Nc3cc(Cl)c(Cl)cc32)NC1=S. The Hall–Kier alpha value is -2.74. The van der Waals surface area contributed by atoms with Gasteiger partial charge in [-0.3, -0.25) is 19.3 Å². The number of carbonyl (C=O) groups excluding carboxylic acids is 3. The number of ketones is 1. The van der Waals surface area contributed by atoms with E-state index in [1.165, 1.54) is 24.0 Å². The molecule has 2 heterocycles. The summed E-state index contributed by atoms with van der Waals surface area (Å²) in [5.41, 5.74) is 1.90. The van der Waals surface area contributed by atoms with Crippen molar-refractivity contribution in [2.75, 3.05) is 5.32 Å². The van der Waals surface area contributed by atoms with Crippen molar-refractivity contribution >= 4 is 69.4 Å². The Kier molecular flexibility index (Phi) is 5.36. The van der Waals surface area contributed by atoms with Crippen molar-refractivity contribution in [1.29, 1.82) is 0 Å². The lowest BCUT2D eigenvalue weighted by Crippen LogP contribution is -2.45. The highest BCUT2D eigenvalue weighted by atomic mass is 35.5. The number of benzene rings is 2. The summed E-state index contributed by atoms with van der Waals surface area (Å²) in [6.07, 6.45) is 0.302. The molecule has 2 aromatic carbocycles. The van der Waals surface area contributed by atoms with Crippen LogP contribution in [0.3, 0.4) is 0 Å². The monoisotopic (exact) mass is 459 g/mol. The quantitative estimate of drug-likeness (QED) is 0.539. The molecule has 0 bridgehead atoms. The molecule has 0 radical (unpaired) electrons. The number of halogens is 2. The Morgan fingerprint density at radius 2 is 1.77 bits per heavy atom. The van der Waals surface area contributed by atoms with E-state index >= 15 is 0 Å². The van der Waals surface area contributed by atoms with E-state index in [1.807, 2.05) is 30.3 Å². The van der Waals surface area contributed by atoms with Crippen LogP contribution in [0.5, 0.6) is 0 Å². The van der Waals surface area contributed by atoms with Gasteiger partial charge in [0.25, 0.3) is 11.8 Å². The van der Waals surface area contributed by atoms with Gasteiger partial charge in [-0.2, -0.15) is 0 Å². The van der Waals surface area contributed by atoms with Crippen LogP contribution in [0.1, 0.15) is 18.1 Å². The Morgan fingerprint density at radius 3 is 2.43 bits per heavy atom. The number of rotatable bonds is 4. The molecular formula is C21H15Cl2N3O3S. The summed E-state index contributed by atoms with van der Waals surface area (Å²) in [7, 11) is 0. The first-order valence-electron chi connectivity index (χ1n) is 9.02. The summed E-state index contributed by atoms with van der Waals surface area (Å²) in [5.74, 6) is -1.24. The Morgan fingerprint density at radius 1 is 1.10 bits per heavy atom. The summed E-state index contributed by atoms with van der Waals surface area (Å²) in [4.78, 5) is 39.5. The zero-order valence-corrected chi connectivity index (χ0v) is 18.0. The van der Waals surface area contributed by atoms with Crippen molar-refractivity contribution in [2.24, 2.45) is 0 Å². The molecule has 2 aromatic rings. The van der Waals surface area contributed by atoms with Crippen molar-refractivity contribution < 1.29 is 14.4 Å². The summed E-state index contributed by atoms with van der Waals surface area (Å²) in [6.45, 7) is 1.41. The van der Waals surface area contributed by atoms with Crippen LogP contribution in [0.15, 0.2) is 48.2 Å². The average molecular weight is 460 g/mol. The third-order valence-electron chi connectivity index (χ3n) is 4.99. The van der Waals surface area contributed by atoms with Crippen LogP contribution < -0.4 is 10.6 Å². The largest absolute Gasteiger partial charge is 0.327 e. The third-order valence-corrected chi connectivity index (χ3v) is 6.01. The second-order valence-electron chi connectivity index (χ2n) is 6.94. The average Bonchev–Trinajstić information content (AvgIpc) is 3.15. The number of hydrogen-bond acceptors (Lipinski definition) is 4. The van der Waals surface area contributed by atoms with E-state index in [4.69, 9.17) is 35.4 Å². The fraction of sp³-hybridized carbons (Fsp3) is 0.143. The number of nitrogens with zero attached hydrogens (tertiary/aromatic N) is 1. The van der Waals surface area contributed by atoms with Gasteiger partial charge in [-0.15, -0.1) is 0 Å². The lowest BCUT2D eigenvalue weighted by molar-refractivity contribution is -0.130. The number of anilines is 1.